The molecule has 4 rings (SSSR count). The molecule has 174 valence electrons. The first-order chi connectivity index (χ1) is 15.8. The number of amides is 1. The van der Waals surface area contributed by atoms with Crippen molar-refractivity contribution in [1.82, 2.24) is 15.0 Å². The molecule has 0 saturated heterocycles. The minimum atomic E-state index is -4.94. The fraction of sp³-hybridized carbons (Fsp3) is 0.318. The molecule has 2 aromatic carbocycles. The fourth-order valence-electron chi connectivity index (χ4n) is 3.67. The Morgan fingerprint density at radius 3 is 2.42 bits per heavy atom. The minimum Gasteiger partial charge on any atom is -0.493 e. The van der Waals surface area contributed by atoms with E-state index in [2.05, 4.69) is 15.6 Å². The van der Waals surface area contributed by atoms with Crippen LogP contribution in [0.25, 0.3) is 5.69 Å². The maximum atomic E-state index is 13.8. The number of carbonyl (C=O) groups excluding carboxylic acids is 1. The van der Waals surface area contributed by atoms with Gasteiger partial charge in [-0.05, 0) is 62.1 Å². The smallest absolute Gasteiger partial charge is 0.435 e. The largest absolute Gasteiger partial charge is 0.493 e. The van der Waals surface area contributed by atoms with E-state index in [4.69, 9.17) is 9.47 Å². The molecule has 1 N–H and O–H groups in total. The summed E-state index contributed by atoms with van der Waals surface area (Å²) >= 11 is 0. The number of methoxy groups -OCH3 is 1. The molecule has 1 aromatic heterocycles. The molecule has 1 heterocycles. The number of nitrogens with one attached hydrogen (secondary N) is 1. The minimum absolute atomic E-state index is 0.0114. The summed E-state index contributed by atoms with van der Waals surface area (Å²) < 4.78 is 66.3. The Kier molecular flexibility index (Phi) is 6.21. The average molecular weight is 464 g/mol. The number of benzene rings is 2. The topological polar surface area (TPSA) is 78.3 Å². The van der Waals surface area contributed by atoms with E-state index in [9.17, 15) is 22.4 Å². The Bertz CT molecular complexity index is 1140. The van der Waals surface area contributed by atoms with E-state index < -0.39 is 29.3 Å². The highest BCUT2D eigenvalue weighted by Crippen LogP contribution is 2.35. The SMILES string of the molecule is COc1ccc(NC(=O)c2nnn(-c3ccc(F)cc3)c2C(F)(F)F)cc1OC1CCCC1. The summed E-state index contributed by atoms with van der Waals surface area (Å²) in [4.78, 5) is 12.7. The molecule has 11 heteroatoms. The van der Waals surface area contributed by atoms with Gasteiger partial charge >= 0.3 is 6.18 Å². The molecule has 1 fully saturated rings. The second kappa shape index (κ2) is 9.08. The van der Waals surface area contributed by atoms with Gasteiger partial charge in [0.05, 0.1) is 18.9 Å². The van der Waals surface area contributed by atoms with Crippen molar-refractivity contribution in [2.75, 3.05) is 12.4 Å². The zero-order valence-corrected chi connectivity index (χ0v) is 17.5. The Morgan fingerprint density at radius 1 is 1.09 bits per heavy atom. The third-order valence-corrected chi connectivity index (χ3v) is 5.24. The van der Waals surface area contributed by atoms with Crippen molar-refractivity contribution in [3.05, 3.63) is 59.7 Å². The van der Waals surface area contributed by atoms with Gasteiger partial charge in [-0.1, -0.05) is 5.21 Å². The van der Waals surface area contributed by atoms with Crippen LogP contribution in [0.3, 0.4) is 0 Å². The number of rotatable bonds is 6. The highest BCUT2D eigenvalue weighted by Gasteiger charge is 2.42. The molecule has 3 aromatic rings. The van der Waals surface area contributed by atoms with E-state index >= 15 is 0 Å². The van der Waals surface area contributed by atoms with E-state index in [1.54, 1.807) is 6.07 Å². The van der Waals surface area contributed by atoms with Gasteiger partial charge < -0.3 is 14.8 Å². The van der Waals surface area contributed by atoms with Gasteiger partial charge in [-0.25, -0.2) is 9.07 Å². The van der Waals surface area contributed by atoms with Gasteiger partial charge in [0.15, 0.2) is 22.9 Å². The molecule has 7 nitrogen and oxygen atoms in total. The van der Waals surface area contributed by atoms with Gasteiger partial charge in [0, 0.05) is 11.8 Å². The van der Waals surface area contributed by atoms with Crippen LogP contribution in [0, 0.1) is 5.82 Å². The molecular formula is C22H20F4N4O3. The first-order valence-corrected chi connectivity index (χ1v) is 10.2. The molecule has 0 atom stereocenters. The lowest BCUT2D eigenvalue weighted by molar-refractivity contribution is -0.143. The van der Waals surface area contributed by atoms with Crippen LogP contribution in [0.2, 0.25) is 0 Å². The normalized spacial score (nSPS) is 14.3. The highest BCUT2D eigenvalue weighted by atomic mass is 19.4. The number of carbonyl (C=O) groups is 1. The second-order valence-electron chi connectivity index (χ2n) is 7.52. The molecule has 0 aliphatic heterocycles. The van der Waals surface area contributed by atoms with Gasteiger partial charge in [0.2, 0.25) is 0 Å². The van der Waals surface area contributed by atoms with E-state index in [1.165, 1.54) is 19.2 Å². The number of nitrogens with zero attached hydrogens (tertiary/aromatic N) is 3. The number of hydrogen-bond donors (Lipinski definition) is 1. The molecule has 1 aliphatic carbocycles. The van der Waals surface area contributed by atoms with E-state index in [0.717, 1.165) is 49.9 Å². The Morgan fingerprint density at radius 2 is 1.79 bits per heavy atom. The summed E-state index contributed by atoms with van der Waals surface area (Å²) in [6.45, 7) is 0. The summed E-state index contributed by atoms with van der Waals surface area (Å²) in [6, 6.07) is 8.72. The summed E-state index contributed by atoms with van der Waals surface area (Å²) in [6.07, 6.45) is -1.05. The lowest BCUT2D eigenvalue weighted by atomic mass is 10.2. The van der Waals surface area contributed by atoms with E-state index in [-0.39, 0.29) is 17.5 Å². The van der Waals surface area contributed by atoms with Crippen molar-refractivity contribution < 1.29 is 31.8 Å². The Labute approximate surface area is 186 Å². The lowest BCUT2D eigenvalue weighted by Gasteiger charge is -2.17. The van der Waals surface area contributed by atoms with Crippen LogP contribution < -0.4 is 14.8 Å². The number of halogens is 4. The molecule has 0 radical (unpaired) electrons. The van der Waals surface area contributed by atoms with Crippen LogP contribution in [-0.4, -0.2) is 34.1 Å². The van der Waals surface area contributed by atoms with Crippen molar-refractivity contribution >= 4 is 11.6 Å². The summed E-state index contributed by atoms with van der Waals surface area (Å²) in [5.74, 6) is -0.903. The van der Waals surface area contributed by atoms with Gasteiger partial charge in [0.25, 0.3) is 5.91 Å². The van der Waals surface area contributed by atoms with Crippen molar-refractivity contribution in [3.63, 3.8) is 0 Å². The van der Waals surface area contributed by atoms with Crippen molar-refractivity contribution in [1.29, 1.82) is 0 Å². The molecule has 0 unspecified atom stereocenters. The summed E-state index contributed by atoms with van der Waals surface area (Å²) in [7, 11) is 1.47. The average Bonchev–Trinajstić information content (AvgIpc) is 3.44. The van der Waals surface area contributed by atoms with Crippen molar-refractivity contribution in [2.45, 2.75) is 38.0 Å². The summed E-state index contributed by atoms with van der Waals surface area (Å²) in [5, 5.41) is 9.34. The third kappa shape index (κ3) is 4.91. The molecule has 1 amide bonds. The molecule has 33 heavy (non-hydrogen) atoms. The number of anilines is 1. The predicted octanol–water partition coefficient (Wildman–Crippen LogP) is 5.01. The maximum Gasteiger partial charge on any atom is 0.435 e. The van der Waals surface area contributed by atoms with Gasteiger partial charge in [-0.3, -0.25) is 4.79 Å². The molecular weight excluding hydrogens is 444 g/mol. The van der Waals surface area contributed by atoms with Crippen LogP contribution in [0.1, 0.15) is 41.9 Å². The third-order valence-electron chi connectivity index (χ3n) is 5.24. The lowest BCUT2D eigenvalue weighted by Crippen LogP contribution is -2.21. The molecule has 1 saturated carbocycles. The number of alkyl halides is 3. The fourth-order valence-corrected chi connectivity index (χ4v) is 3.67. The van der Waals surface area contributed by atoms with Crippen molar-refractivity contribution in [3.8, 4) is 17.2 Å². The van der Waals surface area contributed by atoms with Crippen LogP contribution in [0.4, 0.5) is 23.2 Å². The molecule has 1 aliphatic rings. The van der Waals surface area contributed by atoms with Crippen LogP contribution in [0.15, 0.2) is 42.5 Å². The van der Waals surface area contributed by atoms with E-state index in [1.807, 2.05) is 0 Å². The Hall–Kier alpha value is -3.63. The highest BCUT2D eigenvalue weighted by molar-refractivity contribution is 6.04. The van der Waals surface area contributed by atoms with Crippen LogP contribution in [0.5, 0.6) is 11.5 Å². The van der Waals surface area contributed by atoms with E-state index in [0.29, 0.717) is 16.2 Å². The summed E-state index contributed by atoms with van der Waals surface area (Å²) in [5.41, 5.74) is -2.17. The number of hydrogen-bond acceptors (Lipinski definition) is 5. The van der Waals surface area contributed by atoms with Crippen LogP contribution >= 0.6 is 0 Å². The molecule has 0 bridgehead atoms. The number of ether oxygens (including phenoxy) is 2. The zero-order valence-electron chi connectivity index (χ0n) is 17.5. The van der Waals surface area contributed by atoms with Gasteiger partial charge in [-0.2, -0.15) is 13.2 Å². The van der Waals surface area contributed by atoms with Crippen molar-refractivity contribution in [2.24, 2.45) is 0 Å². The second-order valence-corrected chi connectivity index (χ2v) is 7.52. The quantitative estimate of drug-likeness (QED) is 0.519. The Balaban J connectivity index is 1.63. The predicted molar refractivity (Wildman–Crippen MR) is 110 cm³/mol. The molecule has 0 spiro atoms. The number of aromatic nitrogens is 3. The standard InChI is InChI=1S/C22H20F4N4O3/c1-32-17-11-8-14(12-18(17)33-16-4-2-3-5-16)27-21(31)19-20(22(24,25)26)30(29-28-19)15-9-6-13(23)7-10-15/h6-12,16H,2-5H2,1H3,(H,27,31). The maximum absolute atomic E-state index is 13.8. The van der Waals surface area contributed by atoms with Crippen LogP contribution in [-0.2, 0) is 6.18 Å². The first kappa shape index (κ1) is 22.6. The first-order valence-electron chi connectivity index (χ1n) is 10.2. The zero-order chi connectivity index (χ0) is 23.6. The monoisotopic (exact) mass is 464 g/mol. The van der Waals surface area contributed by atoms with Gasteiger partial charge in [0.1, 0.15) is 5.82 Å². The van der Waals surface area contributed by atoms with Gasteiger partial charge in [-0.15, -0.1) is 5.10 Å².